The fourth-order valence-electron chi connectivity index (χ4n) is 2.38. The van der Waals surface area contributed by atoms with Gasteiger partial charge in [-0.25, -0.2) is 0 Å². The first-order chi connectivity index (χ1) is 8.99. The van der Waals surface area contributed by atoms with E-state index in [1.54, 1.807) is 0 Å². The Kier molecular flexibility index (Phi) is 2.43. The third kappa shape index (κ3) is 1.80. The Labute approximate surface area is 110 Å². The van der Waals surface area contributed by atoms with Crippen LogP contribution in [0.2, 0.25) is 0 Å². The molecule has 1 aliphatic carbocycles. The fourth-order valence-corrected chi connectivity index (χ4v) is 2.38. The van der Waals surface area contributed by atoms with E-state index in [0.29, 0.717) is 12.1 Å². The van der Waals surface area contributed by atoms with Crippen LogP contribution < -0.4 is 11.5 Å². The summed E-state index contributed by atoms with van der Waals surface area (Å²) in [7, 11) is 0. The number of hydrogen-bond acceptors (Lipinski definition) is 5. The predicted octanol–water partition coefficient (Wildman–Crippen LogP) is 1.09. The number of nitrogens with one attached hydrogen (secondary N) is 1. The predicted molar refractivity (Wildman–Crippen MR) is 73.8 cm³/mol. The third-order valence-electron chi connectivity index (χ3n) is 3.74. The van der Waals surface area contributed by atoms with Crippen LogP contribution in [0.3, 0.4) is 0 Å². The highest BCUT2D eigenvalue weighted by atomic mass is 15.3. The quantitative estimate of drug-likeness (QED) is 0.708. The molecule has 2 aromatic heterocycles. The van der Waals surface area contributed by atoms with E-state index >= 15 is 0 Å². The van der Waals surface area contributed by atoms with Crippen molar-refractivity contribution in [2.75, 3.05) is 0 Å². The van der Waals surface area contributed by atoms with Gasteiger partial charge in [0.15, 0.2) is 0 Å². The number of nitrogens with zero attached hydrogens (tertiary/aromatic N) is 3. The van der Waals surface area contributed by atoms with Gasteiger partial charge in [0.25, 0.3) is 0 Å². The van der Waals surface area contributed by atoms with Crippen LogP contribution in [0.1, 0.15) is 26.0 Å². The topological polar surface area (TPSA) is 106 Å². The molecule has 3 rings (SSSR count). The minimum atomic E-state index is -0.460. The number of hydrogen-bond donors (Lipinski definition) is 3. The number of H-pyrrole nitrogens is 1. The van der Waals surface area contributed by atoms with E-state index in [1.807, 2.05) is 32.2 Å². The molecular weight excluding hydrogens is 240 g/mol. The van der Waals surface area contributed by atoms with E-state index < -0.39 is 5.54 Å². The van der Waals surface area contributed by atoms with Gasteiger partial charge in [0.05, 0.1) is 5.52 Å². The van der Waals surface area contributed by atoms with E-state index in [2.05, 4.69) is 20.4 Å². The van der Waals surface area contributed by atoms with Crippen molar-refractivity contribution >= 4 is 16.6 Å². The second-order valence-corrected chi connectivity index (χ2v) is 5.22. The highest BCUT2D eigenvalue weighted by Gasteiger charge is 2.29. The van der Waals surface area contributed by atoms with Crippen molar-refractivity contribution in [3.63, 3.8) is 0 Å². The summed E-state index contributed by atoms with van der Waals surface area (Å²) in [5, 5.41) is 11.9. The van der Waals surface area contributed by atoms with E-state index in [9.17, 15) is 0 Å². The van der Waals surface area contributed by atoms with Gasteiger partial charge in [0.1, 0.15) is 11.2 Å². The Bertz CT molecular complexity index is 707. The molecule has 5 N–H and O–H groups in total. The number of aromatic amines is 1. The van der Waals surface area contributed by atoms with Gasteiger partial charge in [0, 0.05) is 17.4 Å². The lowest BCUT2D eigenvalue weighted by atomic mass is 9.80. The zero-order chi connectivity index (χ0) is 13.6. The molecule has 0 aliphatic heterocycles. The summed E-state index contributed by atoms with van der Waals surface area (Å²) in [6.07, 6.45) is 4.42. The van der Waals surface area contributed by atoms with Crippen LogP contribution >= 0.6 is 0 Å². The molecule has 98 valence electrons. The van der Waals surface area contributed by atoms with Crippen LogP contribution in [0.5, 0.6) is 0 Å². The summed E-state index contributed by atoms with van der Waals surface area (Å²) in [5.74, 6) is 0. The van der Waals surface area contributed by atoms with Crippen molar-refractivity contribution < 1.29 is 0 Å². The smallest absolute Gasteiger partial charge is 0.117 e. The third-order valence-corrected chi connectivity index (χ3v) is 3.74. The summed E-state index contributed by atoms with van der Waals surface area (Å²) in [6.45, 7) is 3.94. The molecule has 0 radical (unpaired) electrons. The maximum absolute atomic E-state index is 6.31. The lowest BCUT2D eigenvalue weighted by molar-refractivity contribution is 0.552. The Morgan fingerprint density at radius 2 is 2.16 bits per heavy atom. The maximum atomic E-state index is 6.31. The first-order valence-electron chi connectivity index (χ1n) is 6.12. The molecule has 0 saturated carbocycles. The molecular formula is C13H16N6. The number of allylic oxidation sites excluding steroid dienone is 1. The molecule has 1 unspecified atom stereocenters. The van der Waals surface area contributed by atoms with Gasteiger partial charge in [-0.1, -0.05) is 0 Å². The number of fused-ring (bicyclic) bond motifs is 1. The van der Waals surface area contributed by atoms with E-state index in [4.69, 9.17) is 11.5 Å². The second-order valence-electron chi connectivity index (χ2n) is 5.22. The largest absolute Gasteiger partial charge is 0.399 e. The van der Waals surface area contributed by atoms with Gasteiger partial charge in [0.2, 0.25) is 0 Å². The lowest BCUT2D eigenvalue weighted by Gasteiger charge is -2.31. The van der Waals surface area contributed by atoms with Gasteiger partial charge in [-0.2, -0.15) is 0 Å². The monoisotopic (exact) mass is 256 g/mol. The average molecular weight is 256 g/mol. The van der Waals surface area contributed by atoms with Gasteiger partial charge >= 0.3 is 0 Å². The zero-order valence-electron chi connectivity index (χ0n) is 10.9. The standard InChI is InChI=1S/C13H16N6/c1-7-9(14)5-8(6-13(7,2)15)11-12-10(3-4-16-12)17-19-18-11/h3-5,16H,6,14-15H2,1-2H3. The van der Waals surface area contributed by atoms with Crippen LogP contribution in [0.25, 0.3) is 16.6 Å². The number of rotatable bonds is 1. The maximum Gasteiger partial charge on any atom is 0.117 e. The van der Waals surface area contributed by atoms with Crippen LogP contribution in [0, 0.1) is 0 Å². The highest BCUT2D eigenvalue weighted by Crippen LogP contribution is 2.35. The van der Waals surface area contributed by atoms with Crippen molar-refractivity contribution in [2.45, 2.75) is 25.8 Å². The summed E-state index contributed by atoms with van der Waals surface area (Å²) in [4.78, 5) is 3.14. The van der Waals surface area contributed by atoms with E-state index in [1.165, 1.54) is 0 Å². The minimum Gasteiger partial charge on any atom is -0.399 e. The first kappa shape index (κ1) is 11.9. The van der Waals surface area contributed by atoms with Gasteiger partial charge in [-0.3, -0.25) is 0 Å². The average Bonchev–Trinajstić information content (AvgIpc) is 2.83. The molecule has 2 aromatic rings. The highest BCUT2D eigenvalue weighted by molar-refractivity contribution is 5.87. The Morgan fingerprint density at radius 1 is 1.37 bits per heavy atom. The molecule has 0 amide bonds. The van der Waals surface area contributed by atoms with Crippen molar-refractivity contribution in [3.05, 3.63) is 35.3 Å². The number of nitrogens with two attached hydrogens (primary N) is 2. The van der Waals surface area contributed by atoms with Gasteiger partial charge < -0.3 is 16.5 Å². The summed E-state index contributed by atoms with van der Waals surface area (Å²) in [6, 6.07) is 1.86. The Hall–Kier alpha value is -2.21. The summed E-state index contributed by atoms with van der Waals surface area (Å²) >= 11 is 0. The molecule has 1 aliphatic rings. The molecule has 0 bridgehead atoms. The molecule has 0 spiro atoms. The lowest BCUT2D eigenvalue weighted by Crippen LogP contribution is -2.40. The van der Waals surface area contributed by atoms with Gasteiger partial charge in [-0.15, -0.1) is 10.2 Å². The van der Waals surface area contributed by atoms with Gasteiger partial charge in [-0.05, 0) is 48.8 Å². The SMILES string of the molecule is CC1=C(N)C=C(c2nnnc3cc[nH]c23)CC1(C)N. The Morgan fingerprint density at radius 3 is 2.89 bits per heavy atom. The Balaban J connectivity index is 2.18. The zero-order valence-corrected chi connectivity index (χ0v) is 10.9. The summed E-state index contributed by atoms with van der Waals surface area (Å²) < 4.78 is 0. The van der Waals surface area contributed by atoms with Crippen LogP contribution in [0.15, 0.2) is 29.6 Å². The van der Waals surface area contributed by atoms with Crippen LogP contribution in [-0.4, -0.2) is 25.9 Å². The molecule has 6 heteroatoms. The molecule has 2 heterocycles. The molecule has 1 atom stereocenters. The normalized spacial score (nSPS) is 23.8. The van der Waals surface area contributed by atoms with Crippen molar-refractivity contribution in [1.29, 1.82) is 0 Å². The molecule has 0 saturated heterocycles. The first-order valence-corrected chi connectivity index (χ1v) is 6.12. The van der Waals surface area contributed by atoms with E-state index in [0.717, 1.165) is 27.9 Å². The van der Waals surface area contributed by atoms with Crippen molar-refractivity contribution in [1.82, 2.24) is 20.4 Å². The molecule has 0 fully saturated rings. The van der Waals surface area contributed by atoms with E-state index in [-0.39, 0.29) is 0 Å². The fraction of sp³-hybridized carbons (Fsp3) is 0.308. The molecule has 0 aromatic carbocycles. The number of aromatic nitrogens is 4. The molecule has 19 heavy (non-hydrogen) atoms. The van der Waals surface area contributed by atoms with Crippen LogP contribution in [0.4, 0.5) is 0 Å². The molecule has 6 nitrogen and oxygen atoms in total. The van der Waals surface area contributed by atoms with Crippen molar-refractivity contribution in [3.8, 4) is 0 Å². The summed E-state index contributed by atoms with van der Waals surface area (Å²) in [5.41, 5.74) is 17.0. The minimum absolute atomic E-state index is 0.460. The second kappa shape index (κ2) is 3.89. The van der Waals surface area contributed by atoms with Crippen LogP contribution in [-0.2, 0) is 0 Å². The van der Waals surface area contributed by atoms with Crippen molar-refractivity contribution in [2.24, 2.45) is 11.5 Å².